The third-order valence-electron chi connectivity index (χ3n) is 3.05. The predicted octanol–water partition coefficient (Wildman–Crippen LogP) is 5.07. The van der Waals surface area contributed by atoms with Gasteiger partial charge in [0.15, 0.2) is 0 Å². The van der Waals surface area contributed by atoms with E-state index in [0.29, 0.717) is 0 Å². The van der Waals surface area contributed by atoms with Gasteiger partial charge >= 0.3 is 6.36 Å². The number of nitrogens with one attached hydrogen (secondary N) is 1. The van der Waals surface area contributed by atoms with Gasteiger partial charge in [-0.05, 0) is 43.7 Å². The SMILES string of the molecule is Cc1ccc(NC(C)c2ccc(OC(F)(F)F)cc2)cc1. The first-order chi connectivity index (χ1) is 9.83. The molecule has 0 bridgehead atoms. The summed E-state index contributed by atoms with van der Waals surface area (Å²) in [5, 5.41) is 3.29. The second kappa shape index (κ2) is 6.08. The predicted molar refractivity (Wildman–Crippen MR) is 76.3 cm³/mol. The summed E-state index contributed by atoms with van der Waals surface area (Å²) in [4.78, 5) is 0. The van der Waals surface area contributed by atoms with Gasteiger partial charge in [0.2, 0.25) is 0 Å². The van der Waals surface area contributed by atoms with Crippen molar-refractivity contribution in [2.75, 3.05) is 5.32 Å². The molecule has 1 unspecified atom stereocenters. The smallest absolute Gasteiger partial charge is 0.406 e. The Morgan fingerprint density at radius 3 is 2.05 bits per heavy atom. The van der Waals surface area contributed by atoms with E-state index in [0.717, 1.165) is 11.3 Å². The summed E-state index contributed by atoms with van der Waals surface area (Å²) >= 11 is 0. The third kappa shape index (κ3) is 4.70. The number of aryl methyl sites for hydroxylation is 1. The van der Waals surface area contributed by atoms with Gasteiger partial charge in [-0.25, -0.2) is 0 Å². The lowest BCUT2D eigenvalue weighted by molar-refractivity contribution is -0.274. The topological polar surface area (TPSA) is 21.3 Å². The van der Waals surface area contributed by atoms with Gasteiger partial charge in [0, 0.05) is 11.7 Å². The molecule has 0 aliphatic heterocycles. The minimum Gasteiger partial charge on any atom is -0.406 e. The molecule has 0 amide bonds. The van der Waals surface area contributed by atoms with Crippen LogP contribution in [0, 0.1) is 6.92 Å². The fourth-order valence-electron chi connectivity index (χ4n) is 1.94. The van der Waals surface area contributed by atoms with E-state index in [2.05, 4.69) is 10.1 Å². The Morgan fingerprint density at radius 1 is 0.952 bits per heavy atom. The molecular formula is C16H16F3NO. The molecule has 0 saturated heterocycles. The van der Waals surface area contributed by atoms with Crippen LogP contribution < -0.4 is 10.1 Å². The zero-order valence-electron chi connectivity index (χ0n) is 11.7. The molecule has 0 saturated carbocycles. The van der Waals surface area contributed by atoms with Crippen molar-refractivity contribution in [1.82, 2.24) is 0 Å². The molecular weight excluding hydrogens is 279 g/mol. The third-order valence-corrected chi connectivity index (χ3v) is 3.05. The van der Waals surface area contributed by atoms with E-state index < -0.39 is 6.36 Å². The quantitative estimate of drug-likeness (QED) is 0.850. The van der Waals surface area contributed by atoms with E-state index in [4.69, 9.17) is 0 Å². The first-order valence-electron chi connectivity index (χ1n) is 6.52. The van der Waals surface area contributed by atoms with Gasteiger partial charge in [-0.15, -0.1) is 13.2 Å². The number of halogens is 3. The van der Waals surface area contributed by atoms with Crippen LogP contribution in [0.2, 0.25) is 0 Å². The zero-order chi connectivity index (χ0) is 15.5. The molecule has 2 aromatic rings. The highest BCUT2D eigenvalue weighted by Gasteiger charge is 2.30. The van der Waals surface area contributed by atoms with Crippen LogP contribution in [-0.2, 0) is 0 Å². The largest absolute Gasteiger partial charge is 0.573 e. The van der Waals surface area contributed by atoms with Crippen molar-refractivity contribution in [3.05, 3.63) is 59.7 Å². The monoisotopic (exact) mass is 295 g/mol. The highest BCUT2D eigenvalue weighted by Crippen LogP contribution is 2.25. The number of anilines is 1. The highest BCUT2D eigenvalue weighted by atomic mass is 19.4. The molecule has 0 heterocycles. The van der Waals surface area contributed by atoms with E-state index in [1.54, 1.807) is 12.1 Å². The number of benzene rings is 2. The van der Waals surface area contributed by atoms with Crippen molar-refractivity contribution < 1.29 is 17.9 Å². The molecule has 2 aromatic carbocycles. The lowest BCUT2D eigenvalue weighted by atomic mass is 10.1. The Balaban J connectivity index is 2.02. The second-order valence-corrected chi connectivity index (χ2v) is 4.85. The van der Waals surface area contributed by atoms with E-state index in [1.807, 2.05) is 38.1 Å². The molecule has 2 rings (SSSR count). The normalized spacial score (nSPS) is 12.8. The number of hydrogen-bond acceptors (Lipinski definition) is 2. The maximum atomic E-state index is 12.1. The van der Waals surface area contributed by atoms with Crippen molar-refractivity contribution in [3.8, 4) is 5.75 Å². The molecule has 0 aromatic heterocycles. The van der Waals surface area contributed by atoms with E-state index >= 15 is 0 Å². The first-order valence-corrected chi connectivity index (χ1v) is 6.52. The summed E-state index contributed by atoms with van der Waals surface area (Å²) < 4.78 is 40.1. The van der Waals surface area contributed by atoms with E-state index in [1.165, 1.54) is 17.7 Å². The van der Waals surface area contributed by atoms with E-state index in [-0.39, 0.29) is 11.8 Å². The van der Waals surface area contributed by atoms with Crippen LogP contribution in [0.5, 0.6) is 5.75 Å². The van der Waals surface area contributed by atoms with Gasteiger partial charge in [-0.3, -0.25) is 0 Å². The number of alkyl halides is 3. The van der Waals surface area contributed by atoms with Gasteiger partial charge in [-0.2, -0.15) is 0 Å². The first kappa shape index (κ1) is 15.2. The fraction of sp³-hybridized carbons (Fsp3) is 0.250. The van der Waals surface area contributed by atoms with Crippen molar-refractivity contribution in [2.24, 2.45) is 0 Å². The van der Waals surface area contributed by atoms with Crippen LogP contribution in [0.25, 0.3) is 0 Å². The summed E-state index contributed by atoms with van der Waals surface area (Å²) in [6.07, 6.45) is -4.66. The standard InChI is InChI=1S/C16H16F3NO/c1-11-3-7-14(8-4-11)20-12(2)13-5-9-15(10-6-13)21-16(17,18)19/h3-10,12,20H,1-2H3. The molecule has 2 nitrogen and oxygen atoms in total. The second-order valence-electron chi connectivity index (χ2n) is 4.85. The Hall–Kier alpha value is -2.17. The van der Waals surface area contributed by atoms with Crippen molar-refractivity contribution in [1.29, 1.82) is 0 Å². The molecule has 0 aliphatic carbocycles. The molecule has 21 heavy (non-hydrogen) atoms. The zero-order valence-corrected chi connectivity index (χ0v) is 11.7. The van der Waals surface area contributed by atoms with Gasteiger partial charge in [0.25, 0.3) is 0 Å². The minimum atomic E-state index is -4.66. The maximum Gasteiger partial charge on any atom is 0.573 e. The van der Waals surface area contributed by atoms with Crippen LogP contribution in [-0.4, -0.2) is 6.36 Å². The van der Waals surface area contributed by atoms with Crippen LogP contribution >= 0.6 is 0 Å². The summed E-state index contributed by atoms with van der Waals surface area (Å²) in [5.41, 5.74) is 3.01. The fourth-order valence-corrected chi connectivity index (χ4v) is 1.94. The molecule has 1 atom stereocenters. The van der Waals surface area contributed by atoms with Gasteiger partial charge in [-0.1, -0.05) is 29.8 Å². The van der Waals surface area contributed by atoms with Crippen molar-refractivity contribution in [2.45, 2.75) is 26.3 Å². The average Bonchev–Trinajstić information content (AvgIpc) is 2.40. The Labute approximate surface area is 121 Å². The maximum absolute atomic E-state index is 12.1. The Bertz CT molecular complexity index is 576. The Kier molecular flexibility index (Phi) is 4.40. The van der Waals surface area contributed by atoms with Gasteiger partial charge < -0.3 is 10.1 Å². The molecule has 112 valence electrons. The summed E-state index contributed by atoms with van der Waals surface area (Å²) in [5.74, 6) is -0.214. The summed E-state index contributed by atoms with van der Waals surface area (Å²) in [7, 11) is 0. The van der Waals surface area contributed by atoms with Crippen LogP contribution in [0.15, 0.2) is 48.5 Å². The van der Waals surface area contributed by atoms with Crippen molar-refractivity contribution in [3.63, 3.8) is 0 Å². The summed E-state index contributed by atoms with van der Waals surface area (Å²) in [6.45, 7) is 3.95. The van der Waals surface area contributed by atoms with Crippen LogP contribution in [0.1, 0.15) is 24.1 Å². The number of ether oxygens (including phenoxy) is 1. The number of rotatable bonds is 4. The van der Waals surface area contributed by atoms with Crippen LogP contribution in [0.3, 0.4) is 0 Å². The molecule has 0 fully saturated rings. The Morgan fingerprint density at radius 2 is 1.52 bits per heavy atom. The average molecular weight is 295 g/mol. The summed E-state index contributed by atoms with van der Waals surface area (Å²) in [6, 6.07) is 13.8. The van der Waals surface area contributed by atoms with Crippen molar-refractivity contribution >= 4 is 5.69 Å². The molecule has 0 spiro atoms. The number of hydrogen-bond donors (Lipinski definition) is 1. The lowest BCUT2D eigenvalue weighted by Crippen LogP contribution is -2.17. The molecule has 5 heteroatoms. The minimum absolute atomic E-state index is 0.0207. The molecule has 0 radical (unpaired) electrons. The highest BCUT2D eigenvalue weighted by molar-refractivity contribution is 5.46. The lowest BCUT2D eigenvalue weighted by Gasteiger charge is -2.16. The van der Waals surface area contributed by atoms with Crippen LogP contribution in [0.4, 0.5) is 18.9 Å². The molecule has 1 N–H and O–H groups in total. The van der Waals surface area contributed by atoms with Gasteiger partial charge in [0.05, 0.1) is 0 Å². The van der Waals surface area contributed by atoms with E-state index in [9.17, 15) is 13.2 Å². The van der Waals surface area contributed by atoms with Gasteiger partial charge in [0.1, 0.15) is 5.75 Å². The molecule has 0 aliphatic rings.